The van der Waals surface area contributed by atoms with Crippen LogP contribution in [0.5, 0.6) is 0 Å². The molecule has 0 aliphatic heterocycles. The van der Waals surface area contributed by atoms with Gasteiger partial charge in [-0.05, 0) is 5.56 Å². The van der Waals surface area contributed by atoms with Crippen LogP contribution in [0.25, 0.3) is 0 Å². The van der Waals surface area contributed by atoms with Crippen LogP contribution in [0.4, 0.5) is 16.2 Å². The molecule has 17 heavy (non-hydrogen) atoms. The van der Waals surface area contributed by atoms with Crippen LogP contribution in [-0.2, 0) is 6.54 Å². The van der Waals surface area contributed by atoms with E-state index in [0.717, 1.165) is 11.8 Å². The summed E-state index contributed by atoms with van der Waals surface area (Å²) < 4.78 is 13.4. The minimum absolute atomic E-state index is 0.122. The Kier molecular flexibility index (Phi) is 3.46. The van der Waals surface area contributed by atoms with Gasteiger partial charge in [-0.1, -0.05) is 30.3 Å². The van der Waals surface area contributed by atoms with Crippen molar-refractivity contribution in [3.63, 3.8) is 0 Å². The number of hydrogen-bond donors (Lipinski definition) is 3. The fourth-order valence-corrected chi connectivity index (χ4v) is 1.34. The Morgan fingerprint density at radius 3 is 2.71 bits per heavy atom. The zero-order valence-electron chi connectivity index (χ0n) is 9.02. The zero-order valence-corrected chi connectivity index (χ0v) is 9.02. The fourth-order valence-electron chi connectivity index (χ4n) is 1.34. The molecule has 0 atom stereocenters. The topological polar surface area (TPSA) is 75.9 Å². The number of nitrogens with two attached hydrogens (primary N) is 1. The molecule has 1 heterocycles. The summed E-state index contributed by atoms with van der Waals surface area (Å²) >= 11 is 0. The van der Waals surface area contributed by atoms with Gasteiger partial charge in [0, 0.05) is 6.54 Å². The van der Waals surface area contributed by atoms with E-state index in [9.17, 15) is 4.39 Å². The van der Waals surface area contributed by atoms with Crippen molar-refractivity contribution in [2.75, 3.05) is 10.7 Å². The van der Waals surface area contributed by atoms with Gasteiger partial charge < -0.3 is 5.32 Å². The second kappa shape index (κ2) is 5.22. The molecule has 2 aromatic rings. The van der Waals surface area contributed by atoms with Gasteiger partial charge in [-0.2, -0.15) is 4.98 Å². The van der Waals surface area contributed by atoms with Crippen molar-refractivity contribution in [1.82, 2.24) is 9.97 Å². The summed E-state index contributed by atoms with van der Waals surface area (Å²) in [6.45, 7) is 0.485. The second-order valence-corrected chi connectivity index (χ2v) is 3.37. The van der Waals surface area contributed by atoms with Crippen molar-refractivity contribution in [2.45, 2.75) is 6.54 Å². The summed E-state index contributed by atoms with van der Waals surface area (Å²) in [5.41, 5.74) is 3.30. The number of nitrogen functional groups attached to an aromatic ring is 1. The smallest absolute Gasteiger partial charge is 0.239 e. The van der Waals surface area contributed by atoms with Crippen LogP contribution in [0, 0.1) is 5.82 Å². The summed E-state index contributed by atoms with van der Waals surface area (Å²) in [6.07, 6.45) is 1.06. The molecule has 4 N–H and O–H groups in total. The molecule has 0 aliphatic rings. The number of rotatable bonds is 4. The van der Waals surface area contributed by atoms with E-state index in [1.165, 1.54) is 0 Å². The molecule has 0 amide bonds. The quantitative estimate of drug-likeness (QED) is 0.551. The van der Waals surface area contributed by atoms with Crippen molar-refractivity contribution < 1.29 is 4.39 Å². The number of halogens is 1. The van der Waals surface area contributed by atoms with Gasteiger partial charge in [0.15, 0.2) is 11.6 Å². The van der Waals surface area contributed by atoms with Crippen LogP contribution in [0.15, 0.2) is 36.5 Å². The van der Waals surface area contributed by atoms with Crippen LogP contribution in [0.2, 0.25) is 0 Å². The van der Waals surface area contributed by atoms with Gasteiger partial charge in [-0.3, -0.25) is 5.43 Å². The van der Waals surface area contributed by atoms with Crippen LogP contribution < -0.4 is 16.6 Å². The number of nitrogens with zero attached hydrogens (tertiary/aromatic N) is 2. The van der Waals surface area contributed by atoms with Crippen molar-refractivity contribution in [1.29, 1.82) is 0 Å². The Morgan fingerprint density at radius 2 is 2.00 bits per heavy atom. The van der Waals surface area contributed by atoms with E-state index in [-0.39, 0.29) is 11.8 Å². The molecule has 0 radical (unpaired) electrons. The Bertz CT molecular complexity index is 488. The SMILES string of the molecule is NNc1ncc(F)c(NCc2ccccc2)n1. The first-order valence-corrected chi connectivity index (χ1v) is 5.06. The monoisotopic (exact) mass is 233 g/mol. The third-order valence-corrected chi connectivity index (χ3v) is 2.18. The fraction of sp³-hybridized carbons (Fsp3) is 0.0909. The number of hydrazine groups is 1. The van der Waals surface area contributed by atoms with Gasteiger partial charge in [0.25, 0.3) is 0 Å². The van der Waals surface area contributed by atoms with E-state index < -0.39 is 5.82 Å². The minimum atomic E-state index is -0.514. The maximum absolute atomic E-state index is 13.4. The standard InChI is InChI=1S/C11H12FN5/c12-9-7-15-11(17-13)16-10(9)14-6-8-4-2-1-3-5-8/h1-5,7H,6,13H2,(H2,14,15,16,17). The first kappa shape index (κ1) is 11.3. The Morgan fingerprint density at radius 1 is 1.24 bits per heavy atom. The van der Waals surface area contributed by atoms with E-state index in [2.05, 4.69) is 20.7 Å². The summed E-state index contributed by atoms with van der Waals surface area (Å²) in [5.74, 6) is 4.93. The predicted octanol–water partition coefficient (Wildman–Crippen LogP) is 1.51. The number of hydrogen-bond acceptors (Lipinski definition) is 5. The molecule has 2 rings (SSSR count). The number of nitrogens with one attached hydrogen (secondary N) is 2. The molecule has 0 fully saturated rings. The number of benzene rings is 1. The molecule has 1 aromatic carbocycles. The van der Waals surface area contributed by atoms with E-state index in [1.807, 2.05) is 30.3 Å². The maximum Gasteiger partial charge on any atom is 0.239 e. The highest BCUT2D eigenvalue weighted by Crippen LogP contribution is 2.12. The van der Waals surface area contributed by atoms with Gasteiger partial charge in [0.2, 0.25) is 5.95 Å². The average Bonchev–Trinajstić information content (AvgIpc) is 2.39. The first-order chi connectivity index (χ1) is 8.29. The summed E-state index contributed by atoms with van der Waals surface area (Å²) in [4.78, 5) is 7.52. The molecule has 0 spiro atoms. The third kappa shape index (κ3) is 2.88. The Labute approximate surface area is 97.9 Å². The highest BCUT2D eigenvalue weighted by atomic mass is 19.1. The molecule has 0 aliphatic carbocycles. The largest absolute Gasteiger partial charge is 0.363 e. The third-order valence-electron chi connectivity index (χ3n) is 2.18. The second-order valence-electron chi connectivity index (χ2n) is 3.37. The molecule has 0 saturated carbocycles. The number of aromatic nitrogens is 2. The van der Waals surface area contributed by atoms with Crippen LogP contribution in [0.1, 0.15) is 5.56 Å². The van der Waals surface area contributed by atoms with Crippen LogP contribution in [0.3, 0.4) is 0 Å². The highest BCUT2D eigenvalue weighted by Gasteiger charge is 2.05. The molecule has 5 nitrogen and oxygen atoms in total. The molecular formula is C11H12FN5. The lowest BCUT2D eigenvalue weighted by Crippen LogP contribution is -2.12. The summed E-state index contributed by atoms with van der Waals surface area (Å²) in [7, 11) is 0. The predicted molar refractivity (Wildman–Crippen MR) is 63.6 cm³/mol. The molecular weight excluding hydrogens is 221 g/mol. The van der Waals surface area contributed by atoms with Gasteiger partial charge in [0.05, 0.1) is 6.20 Å². The summed E-state index contributed by atoms with van der Waals surface area (Å²) in [6, 6.07) is 9.63. The molecule has 88 valence electrons. The Balaban J connectivity index is 2.08. The number of anilines is 2. The maximum atomic E-state index is 13.4. The van der Waals surface area contributed by atoms with Gasteiger partial charge >= 0.3 is 0 Å². The van der Waals surface area contributed by atoms with Crippen molar-refractivity contribution >= 4 is 11.8 Å². The van der Waals surface area contributed by atoms with E-state index in [4.69, 9.17) is 5.84 Å². The van der Waals surface area contributed by atoms with Gasteiger partial charge in [-0.25, -0.2) is 15.2 Å². The van der Waals surface area contributed by atoms with E-state index in [0.29, 0.717) is 6.54 Å². The van der Waals surface area contributed by atoms with Crippen molar-refractivity contribution in [3.05, 3.63) is 47.9 Å². The molecule has 0 saturated heterocycles. The van der Waals surface area contributed by atoms with Crippen LogP contribution in [-0.4, -0.2) is 9.97 Å². The van der Waals surface area contributed by atoms with Gasteiger partial charge in [-0.15, -0.1) is 0 Å². The lowest BCUT2D eigenvalue weighted by atomic mass is 10.2. The van der Waals surface area contributed by atoms with E-state index >= 15 is 0 Å². The molecule has 1 aromatic heterocycles. The average molecular weight is 233 g/mol. The lowest BCUT2D eigenvalue weighted by Gasteiger charge is -2.07. The van der Waals surface area contributed by atoms with E-state index in [1.54, 1.807) is 0 Å². The van der Waals surface area contributed by atoms with Crippen molar-refractivity contribution in [3.8, 4) is 0 Å². The van der Waals surface area contributed by atoms with Crippen molar-refractivity contribution in [2.24, 2.45) is 5.84 Å². The minimum Gasteiger partial charge on any atom is -0.363 e. The lowest BCUT2D eigenvalue weighted by molar-refractivity contribution is 0.617. The first-order valence-electron chi connectivity index (χ1n) is 5.06. The normalized spacial score (nSPS) is 10.0. The summed E-state index contributed by atoms with van der Waals surface area (Å²) in [5, 5.41) is 2.88. The molecule has 0 bridgehead atoms. The van der Waals surface area contributed by atoms with Crippen LogP contribution >= 0.6 is 0 Å². The molecule has 6 heteroatoms. The molecule has 0 unspecified atom stereocenters. The zero-order chi connectivity index (χ0) is 12.1. The Hall–Kier alpha value is -2.21. The highest BCUT2D eigenvalue weighted by molar-refractivity contribution is 5.41. The van der Waals surface area contributed by atoms with Gasteiger partial charge in [0.1, 0.15) is 0 Å².